The smallest absolute Gasteiger partial charge is 0.407 e. The third-order valence-electron chi connectivity index (χ3n) is 6.68. The summed E-state index contributed by atoms with van der Waals surface area (Å²) in [6, 6.07) is 16.3. The van der Waals surface area contributed by atoms with Crippen LogP contribution in [-0.4, -0.2) is 30.1 Å². The fourth-order valence-corrected chi connectivity index (χ4v) is 5.17. The number of rotatable bonds is 6. The topological polar surface area (TPSA) is 84.9 Å². The highest BCUT2D eigenvalue weighted by atomic mass is 16.5. The number of esters is 1. The van der Waals surface area contributed by atoms with Gasteiger partial charge in [0.15, 0.2) is 5.54 Å². The maximum Gasteiger partial charge on any atom is 0.407 e. The standard InChI is InChI=1S/C26H30N2O5/c1-4-32-24(30)26(20-14-15-20)17(2)23(21-12-8-9-13-22(21)28(26)18(3)29)27-25(31)33-16-19-10-6-5-7-11-19/h5-13,17,20,23H,4,14-16H2,1-3H3,(H,27,31)/t17-,23-,26-/m1/s1. The molecule has 4 rings (SSSR count). The zero-order valence-electron chi connectivity index (χ0n) is 19.2. The number of ether oxygens (including phenoxy) is 2. The van der Waals surface area contributed by atoms with E-state index in [2.05, 4.69) is 5.32 Å². The zero-order valence-corrected chi connectivity index (χ0v) is 19.2. The van der Waals surface area contributed by atoms with Crippen LogP contribution in [0.4, 0.5) is 10.5 Å². The van der Waals surface area contributed by atoms with E-state index in [4.69, 9.17) is 9.47 Å². The van der Waals surface area contributed by atoms with E-state index in [1.165, 1.54) is 6.92 Å². The SMILES string of the molecule is CCOC(=O)[C@]1(C2CC2)[C@H](C)[C@@H](NC(=O)OCc2ccccc2)c2ccccc2N1C(C)=O. The maximum atomic E-state index is 13.5. The Morgan fingerprint density at radius 2 is 1.70 bits per heavy atom. The van der Waals surface area contributed by atoms with Crippen LogP contribution in [0.25, 0.3) is 0 Å². The summed E-state index contributed by atoms with van der Waals surface area (Å²) in [5, 5.41) is 2.98. The lowest BCUT2D eigenvalue weighted by Crippen LogP contribution is -2.67. The van der Waals surface area contributed by atoms with Gasteiger partial charge in [-0.3, -0.25) is 9.69 Å². The number of amides is 2. The van der Waals surface area contributed by atoms with Gasteiger partial charge in [-0.05, 0) is 42.9 Å². The van der Waals surface area contributed by atoms with Gasteiger partial charge >= 0.3 is 12.1 Å². The number of anilines is 1. The number of hydrogen-bond acceptors (Lipinski definition) is 5. The first-order valence-electron chi connectivity index (χ1n) is 11.4. The van der Waals surface area contributed by atoms with Crippen LogP contribution in [0.1, 0.15) is 50.8 Å². The summed E-state index contributed by atoms with van der Waals surface area (Å²) in [6.45, 7) is 5.49. The molecule has 1 fully saturated rings. The van der Waals surface area contributed by atoms with Crippen molar-refractivity contribution in [2.45, 2.75) is 51.8 Å². The molecule has 7 heteroatoms. The Labute approximate surface area is 194 Å². The Balaban J connectivity index is 1.71. The van der Waals surface area contributed by atoms with Crippen molar-refractivity contribution in [2.24, 2.45) is 11.8 Å². The van der Waals surface area contributed by atoms with E-state index in [1.807, 2.05) is 61.5 Å². The Bertz CT molecular complexity index is 1040. The van der Waals surface area contributed by atoms with Crippen LogP contribution in [0, 0.1) is 11.8 Å². The molecule has 0 bridgehead atoms. The van der Waals surface area contributed by atoms with Crippen molar-refractivity contribution in [2.75, 3.05) is 11.5 Å². The lowest BCUT2D eigenvalue weighted by atomic mass is 9.69. The average molecular weight is 451 g/mol. The molecule has 1 aliphatic carbocycles. The summed E-state index contributed by atoms with van der Waals surface area (Å²) < 4.78 is 11.0. The first-order valence-corrected chi connectivity index (χ1v) is 11.4. The van der Waals surface area contributed by atoms with Crippen LogP contribution in [0.15, 0.2) is 54.6 Å². The summed E-state index contributed by atoms with van der Waals surface area (Å²) in [5.74, 6) is -1.10. The molecule has 2 aromatic carbocycles. The minimum atomic E-state index is -1.19. The molecule has 2 aromatic rings. The number of carbonyl (C=O) groups excluding carboxylic acids is 3. The van der Waals surface area contributed by atoms with Crippen LogP contribution in [-0.2, 0) is 25.7 Å². The third-order valence-corrected chi connectivity index (χ3v) is 6.68. The molecule has 0 radical (unpaired) electrons. The predicted octanol–water partition coefficient (Wildman–Crippen LogP) is 4.37. The molecular formula is C26H30N2O5. The van der Waals surface area contributed by atoms with Crippen molar-refractivity contribution in [3.05, 3.63) is 65.7 Å². The van der Waals surface area contributed by atoms with E-state index in [-0.39, 0.29) is 25.0 Å². The lowest BCUT2D eigenvalue weighted by molar-refractivity contribution is -0.155. The first-order chi connectivity index (χ1) is 15.9. The van der Waals surface area contributed by atoms with Gasteiger partial charge in [-0.1, -0.05) is 55.5 Å². The quantitative estimate of drug-likeness (QED) is 0.661. The summed E-state index contributed by atoms with van der Waals surface area (Å²) >= 11 is 0. The highest BCUT2D eigenvalue weighted by Gasteiger charge is 2.64. The fourth-order valence-electron chi connectivity index (χ4n) is 5.17. The van der Waals surface area contributed by atoms with Gasteiger partial charge in [0.25, 0.3) is 0 Å². The normalized spacial score (nSPS) is 23.9. The van der Waals surface area contributed by atoms with Gasteiger partial charge < -0.3 is 14.8 Å². The molecule has 1 heterocycles. The lowest BCUT2D eigenvalue weighted by Gasteiger charge is -2.52. The van der Waals surface area contributed by atoms with Crippen molar-refractivity contribution in [1.82, 2.24) is 5.32 Å². The Kier molecular flexibility index (Phi) is 6.40. The van der Waals surface area contributed by atoms with Gasteiger partial charge in [0.1, 0.15) is 6.61 Å². The van der Waals surface area contributed by atoms with Crippen molar-refractivity contribution in [3.63, 3.8) is 0 Å². The molecular weight excluding hydrogens is 420 g/mol. The van der Waals surface area contributed by atoms with Gasteiger partial charge in [0.05, 0.1) is 18.3 Å². The largest absolute Gasteiger partial charge is 0.464 e. The number of carbonyl (C=O) groups is 3. The second-order valence-corrected chi connectivity index (χ2v) is 8.71. The zero-order chi connectivity index (χ0) is 23.6. The summed E-state index contributed by atoms with van der Waals surface area (Å²) in [4.78, 5) is 40.9. The molecule has 174 valence electrons. The molecule has 33 heavy (non-hydrogen) atoms. The number of nitrogens with zero attached hydrogens (tertiary/aromatic N) is 1. The first kappa shape index (κ1) is 22.8. The summed E-state index contributed by atoms with van der Waals surface area (Å²) in [5.41, 5.74) is 1.09. The second-order valence-electron chi connectivity index (χ2n) is 8.71. The Morgan fingerprint density at radius 3 is 2.33 bits per heavy atom. The number of hydrogen-bond donors (Lipinski definition) is 1. The minimum absolute atomic E-state index is 0.0338. The molecule has 2 aliphatic rings. The number of alkyl carbamates (subject to hydrolysis) is 1. The Morgan fingerprint density at radius 1 is 1.03 bits per heavy atom. The van der Waals surface area contributed by atoms with Crippen LogP contribution in [0.5, 0.6) is 0 Å². The van der Waals surface area contributed by atoms with Gasteiger partial charge in [-0.25, -0.2) is 9.59 Å². The second kappa shape index (κ2) is 9.25. The van der Waals surface area contributed by atoms with Crippen molar-refractivity contribution >= 4 is 23.7 Å². The molecule has 1 saturated carbocycles. The van der Waals surface area contributed by atoms with Gasteiger partial charge in [0, 0.05) is 12.8 Å². The molecule has 0 saturated heterocycles. The number of nitrogens with one attached hydrogen (secondary N) is 1. The van der Waals surface area contributed by atoms with Crippen LogP contribution < -0.4 is 10.2 Å². The summed E-state index contributed by atoms with van der Waals surface area (Å²) in [6.07, 6.45) is 1.07. The Hall–Kier alpha value is -3.35. The van der Waals surface area contributed by atoms with E-state index in [0.717, 1.165) is 24.0 Å². The van der Waals surface area contributed by atoms with Gasteiger partial charge in [-0.15, -0.1) is 0 Å². The molecule has 7 nitrogen and oxygen atoms in total. The van der Waals surface area contributed by atoms with Crippen molar-refractivity contribution in [3.8, 4) is 0 Å². The number of fused-ring (bicyclic) bond motifs is 1. The number of benzene rings is 2. The molecule has 0 spiro atoms. The molecule has 2 amide bonds. The molecule has 1 aliphatic heterocycles. The van der Waals surface area contributed by atoms with E-state index in [1.54, 1.807) is 11.8 Å². The van der Waals surface area contributed by atoms with E-state index in [9.17, 15) is 14.4 Å². The summed E-state index contributed by atoms with van der Waals surface area (Å²) in [7, 11) is 0. The molecule has 3 atom stereocenters. The maximum absolute atomic E-state index is 13.5. The van der Waals surface area contributed by atoms with Crippen molar-refractivity contribution < 1.29 is 23.9 Å². The average Bonchev–Trinajstić information content (AvgIpc) is 3.65. The van der Waals surface area contributed by atoms with Gasteiger partial charge in [-0.2, -0.15) is 0 Å². The highest BCUT2D eigenvalue weighted by molar-refractivity contribution is 6.03. The molecule has 1 N–H and O–H groups in total. The van der Waals surface area contributed by atoms with E-state index in [0.29, 0.717) is 5.69 Å². The highest BCUT2D eigenvalue weighted by Crippen LogP contribution is 2.56. The van der Waals surface area contributed by atoms with Crippen LogP contribution >= 0.6 is 0 Å². The van der Waals surface area contributed by atoms with Gasteiger partial charge in [0.2, 0.25) is 5.91 Å². The van der Waals surface area contributed by atoms with Crippen LogP contribution in [0.2, 0.25) is 0 Å². The number of para-hydroxylation sites is 1. The van der Waals surface area contributed by atoms with E-state index < -0.39 is 29.6 Å². The van der Waals surface area contributed by atoms with Crippen molar-refractivity contribution in [1.29, 1.82) is 0 Å². The third kappa shape index (κ3) is 4.08. The monoisotopic (exact) mass is 450 g/mol. The van der Waals surface area contributed by atoms with Crippen LogP contribution in [0.3, 0.4) is 0 Å². The molecule has 0 aromatic heterocycles. The predicted molar refractivity (Wildman–Crippen MR) is 123 cm³/mol. The molecule has 0 unspecified atom stereocenters. The fraction of sp³-hybridized carbons (Fsp3) is 0.423. The van der Waals surface area contributed by atoms with E-state index >= 15 is 0 Å². The minimum Gasteiger partial charge on any atom is -0.464 e.